The Morgan fingerprint density at radius 2 is 1.87 bits per heavy atom. The number of rotatable bonds is 4. The number of furan rings is 1. The van der Waals surface area contributed by atoms with E-state index in [0.717, 1.165) is 16.3 Å². The number of benzene rings is 2. The van der Waals surface area contributed by atoms with E-state index in [-0.39, 0.29) is 23.6 Å². The highest BCUT2D eigenvalue weighted by Crippen LogP contribution is 2.29. The average Bonchev–Trinajstić information content (AvgIpc) is 3.15. The molecule has 4 aromatic rings. The molecule has 2 aromatic heterocycles. The van der Waals surface area contributed by atoms with Gasteiger partial charge in [-0.1, -0.05) is 39.0 Å². The largest absolute Gasteiger partial charge is 0.493 e. The van der Waals surface area contributed by atoms with Gasteiger partial charge in [0.2, 0.25) is 0 Å². The summed E-state index contributed by atoms with van der Waals surface area (Å²) in [6.07, 6.45) is 0. The molecule has 0 aliphatic heterocycles. The number of methoxy groups -OCH3 is 1. The molecule has 2 aromatic carbocycles. The van der Waals surface area contributed by atoms with Crippen molar-refractivity contribution in [2.24, 2.45) is 0 Å². The number of fused-ring (bicyclic) bond motifs is 2. The van der Waals surface area contributed by atoms with Gasteiger partial charge < -0.3 is 18.9 Å². The van der Waals surface area contributed by atoms with Crippen molar-refractivity contribution in [2.75, 3.05) is 7.11 Å². The van der Waals surface area contributed by atoms with Crippen LogP contribution in [0, 0.1) is 0 Å². The van der Waals surface area contributed by atoms with Crippen LogP contribution in [0.4, 0.5) is 0 Å². The summed E-state index contributed by atoms with van der Waals surface area (Å²) in [7, 11) is 1.55. The summed E-state index contributed by atoms with van der Waals surface area (Å²) in [6, 6.07) is 14.3. The standard InChI is InChI=1S/C24H23NO5/c1-24(2,3)16-8-9-18-17(12-16)15(11-21(26)29-18)13-25-23(27)20-10-14-6-5-7-19(28-4)22(14)30-20/h5-12H,13H2,1-4H3,(H,25,27). The molecule has 0 saturated heterocycles. The fraction of sp³-hybridized carbons (Fsp3) is 0.250. The van der Waals surface area contributed by atoms with Crippen LogP contribution >= 0.6 is 0 Å². The van der Waals surface area contributed by atoms with Gasteiger partial charge in [0.25, 0.3) is 5.91 Å². The van der Waals surface area contributed by atoms with Gasteiger partial charge in [0.1, 0.15) is 5.58 Å². The van der Waals surface area contributed by atoms with Crippen molar-refractivity contribution < 1.29 is 18.4 Å². The zero-order valence-corrected chi connectivity index (χ0v) is 17.4. The molecule has 0 saturated carbocycles. The van der Waals surface area contributed by atoms with Crippen molar-refractivity contribution in [2.45, 2.75) is 32.7 Å². The lowest BCUT2D eigenvalue weighted by Gasteiger charge is -2.19. The molecule has 0 aliphatic carbocycles. The predicted molar refractivity (Wildman–Crippen MR) is 115 cm³/mol. The molecular weight excluding hydrogens is 382 g/mol. The van der Waals surface area contributed by atoms with Crippen LogP contribution in [0.25, 0.3) is 21.9 Å². The topological polar surface area (TPSA) is 81.7 Å². The summed E-state index contributed by atoms with van der Waals surface area (Å²) in [5.41, 5.74) is 2.30. The van der Waals surface area contributed by atoms with Crippen LogP contribution in [-0.2, 0) is 12.0 Å². The molecule has 0 atom stereocenters. The van der Waals surface area contributed by atoms with E-state index in [0.29, 0.717) is 22.5 Å². The van der Waals surface area contributed by atoms with Crippen molar-refractivity contribution in [3.05, 3.63) is 75.8 Å². The Kier molecular flexibility index (Phi) is 4.86. The van der Waals surface area contributed by atoms with Crippen LogP contribution in [0.15, 0.2) is 62.2 Å². The van der Waals surface area contributed by atoms with E-state index >= 15 is 0 Å². The predicted octanol–water partition coefficient (Wildman–Crippen LogP) is 4.78. The Morgan fingerprint density at radius 1 is 1.07 bits per heavy atom. The summed E-state index contributed by atoms with van der Waals surface area (Å²) < 4.78 is 16.3. The lowest BCUT2D eigenvalue weighted by molar-refractivity contribution is 0.0925. The van der Waals surface area contributed by atoms with Crippen molar-refractivity contribution in [1.82, 2.24) is 5.32 Å². The monoisotopic (exact) mass is 405 g/mol. The highest BCUT2D eigenvalue weighted by atomic mass is 16.5. The quantitative estimate of drug-likeness (QED) is 0.494. The van der Waals surface area contributed by atoms with Gasteiger partial charge >= 0.3 is 5.63 Å². The second kappa shape index (κ2) is 7.37. The Morgan fingerprint density at radius 3 is 2.60 bits per heavy atom. The summed E-state index contributed by atoms with van der Waals surface area (Å²) in [5.74, 6) is 0.367. The third-order valence-electron chi connectivity index (χ3n) is 5.09. The molecule has 0 aliphatic rings. The molecule has 1 N–H and O–H groups in total. The van der Waals surface area contributed by atoms with Gasteiger partial charge in [-0.2, -0.15) is 0 Å². The van der Waals surface area contributed by atoms with E-state index in [4.69, 9.17) is 13.6 Å². The van der Waals surface area contributed by atoms with Gasteiger partial charge in [0, 0.05) is 23.4 Å². The van der Waals surface area contributed by atoms with E-state index in [9.17, 15) is 9.59 Å². The number of carbonyl (C=O) groups is 1. The second-order valence-corrected chi connectivity index (χ2v) is 8.22. The number of amides is 1. The highest BCUT2D eigenvalue weighted by molar-refractivity contribution is 5.97. The Labute approximate surface area is 173 Å². The maximum absolute atomic E-state index is 12.7. The van der Waals surface area contributed by atoms with Gasteiger partial charge in [0.05, 0.1) is 7.11 Å². The van der Waals surface area contributed by atoms with Crippen molar-refractivity contribution in [3.8, 4) is 5.75 Å². The van der Waals surface area contributed by atoms with Crippen molar-refractivity contribution in [1.29, 1.82) is 0 Å². The van der Waals surface area contributed by atoms with E-state index in [1.54, 1.807) is 25.3 Å². The number of hydrogen-bond donors (Lipinski definition) is 1. The van der Waals surface area contributed by atoms with Crippen molar-refractivity contribution >= 4 is 27.8 Å². The fourth-order valence-corrected chi connectivity index (χ4v) is 3.41. The lowest BCUT2D eigenvalue weighted by Crippen LogP contribution is -2.23. The van der Waals surface area contributed by atoms with Crippen molar-refractivity contribution in [3.63, 3.8) is 0 Å². The molecule has 0 radical (unpaired) electrons. The molecule has 6 heteroatoms. The molecule has 1 amide bonds. The summed E-state index contributed by atoms with van der Waals surface area (Å²) >= 11 is 0. The molecule has 30 heavy (non-hydrogen) atoms. The van der Waals surface area contributed by atoms with Gasteiger partial charge in [-0.05, 0) is 40.8 Å². The van der Waals surface area contributed by atoms with Crippen LogP contribution in [0.3, 0.4) is 0 Å². The molecule has 2 heterocycles. The summed E-state index contributed by atoms with van der Waals surface area (Å²) in [6.45, 7) is 6.52. The Bertz CT molecular complexity index is 1310. The maximum Gasteiger partial charge on any atom is 0.336 e. The molecule has 0 bridgehead atoms. The number of hydrogen-bond acceptors (Lipinski definition) is 5. The number of para-hydroxylation sites is 1. The fourth-order valence-electron chi connectivity index (χ4n) is 3.41. The SMILES string of the molecule is COc1cccc2cc(C(=O)NCc3cc(=O)oc4ccc(C(C)(C)C)cc34)oc12. The molecular formula is C24H23NO5. The summed E-state index contributed by atoms with van der Waals surface area (Å²) in [4.78, 5) is 24.7. The zero-order valence-electron chi connectivity index (χ0n) is 17.4. The van der Waals surface area contributed by atoms with Gasteiger partial charge in [-0.3, -0.25) is 4.79 Å². The smallest absolute Gasteiger partial charge is 0.336 e. The van der Waals surface area contributed by atoms with E-state index < -0.39 is 5.63 Å². The molecule has 0 fully saturated rings. The van der Waals surface area contributed by atoms with Gasteiger partial charge in [-0.25, -0.2) is 4.79 Å². The molecule has 6 nitrogen and oxygen atoms in total. The average molecular weight is 405 g/mol. The first-order chi connectivity index (χ1) is 14.3. The van der Waals surface area contributed by atoms with Crippen LogP contribution in [0.2, 0.25) is 0 Å². The normalized spacial score (nSPS) is 11.7. The number of carbonyl (C=O) groups excluding carboxylic acids is 1. The zero-order chi connectivity index (χ0) is 21.5. The Balaban J connectivity index is 1.64. The number of nitrogens with one attached hydrogen (secondary N) is 1. The van der Waals surface area contributed by atoms with Crippen LogP contribution in [0.1, 0.15) is 42.5 Å². The minimum Gasteiger partial charge on any atom is -0.493 e. The third-order valence-corrected chi connectivity index (χ3v) is 5.09. The maximum atomic E-state index is 12.7. The summed E-state index contributed by atoms with van der Waals surface area (Å²) in [5, 5.41) is 4.41. The van der Waals surface area contributed by atoms with Crippen LogP contribution in [0.5, 0.6) is 5.75 Å². The molecule has 0 unspecified atom stereocenters. The minimum absolute atomic E-state index is 0.0574. The van der Waals surface area contributed by atoms with E-state index in [1.807, 2.05) is 24.3 Å². The minimum atomic E-state index is -0.455. The van der Waals surface area contributed by atoms with Crippen LogP contribution in [-0.4, -0.2) is 13.0 Å². The Hall–Kier alpha value is -3.54. The lowest BCUT2D eigenvalue weighted by atomic mass is 9.86. The van der Waals surface area contributed by atoms with Crippen LogP contribution < -0.4 is 15.7 Å². The first kappa shape index (κ1) is 19.8. The molecule has 0 spiro atoms. The van der Waals surface area contributed by atoms with Gasteiger partial charge in [0.15, 0.2) is 17.1 Å². The third kappa shape index (κ3) is 3.68. The van der Waals surface area contributed by atoms with Gasteiger partial charge in [-0.15, -0.1) is 0 Å². The first-order valence-corrected chi connectivity index (χ1v) is 9.68. The highest BCUT2D eigenvalue weighted by Gasteiger charge is 2.18. The van der Waals surface area contributed by atoms with E-state index in [1.165, 1.54) is 6.07 Å². The number of ether oxygens (including phenoxy) is 1. The second-order valence-electron chi connectivity index (χ2n) is 8.22. The molecule has 154 valence electrons. The molecule has 4 rings (SSSR count). The first-order valence-electron chi connectivity index (χ1n) is 9.68. The van der Waals surface area contributed by atoms with E-state index in [2.05, 4.69) is 26.1 Å².